The Labute approximate surface area is 123 Å². The van der Waals surface area contributed by atoms with Gasteiger partial charge >= 0.3 is 0 Å². The molecule has 2 N–H and O–H groups in total. The average Bonchev–Trinajstić information content (AvgIpc) is 2.52. The van der Waals surface area contributed by atoms with Crippen molar-refractivity contribution in [1.82, 2.24) is 15.0 Å². The summed E-state index contributed by atoms with van der Waals surface area (Å²) >= 11 is 1.62. The van der Waals surface area contributed by atoms with E-state index in [-0.39, 0.29) is 0 Å². The summed E-state index contributed by atoms with van der Waals surface area (Å²) in [6, 6.07) is 6.03. The number of thioether (sulfide) groups is 1. The Morgan fingerprint density at radius 3 is 2.95 bits per heavy atom. The molecule has 0 aliphatic carbocycles. The second-order valence-corrected chi connectivity index (χ2v) is 5.17. The smallest absolute Gasteiger partial charge is 0.133 e. The van der Waals surface area contributed by atoms with E-state index in [0.717, 1.165) is 35.9 Å². The van der Waals surface area contributed by atoms with Gasteiger partial charge in [0, 0.05) is 31.5 Å². The summed E-state index contributed by atoms with van der Waals surface area (Å²) < 4.78 is 0. The summed E-state index contributed by atoms with van der Waals surface area (Å²) in [4.78, 5) is 15.0. The maximum atomic E-state index is 5.63. The molecule has 0 bridgehead atoms. The Hall–Kier alpha value is -1.66. The molecule has 0 radical (unpaired) electrons. The van der Waals surface area contributed by atoms with Crippen molar-refractivity contribution in [3.8, 4) is 0 Å². The van der Waals surface area contributed by atoms with Crippen LogP contribution in [-0.4, -0.2) is 34.3 Å². The molecule has 0 spiro atoms. The fourth-order valence-corrected chi connectivity index (χ4v) is 2.26. The lowest BCUT2D eigenvalue weighted by molar-refractivity contribution is 0.720. The van der Waals surface area contributed by atoms with Crippen LogP contribution in [0.5, 0.6) is 0 Å². The predicted octanol–water partition coefficient (Wildman–Crippen LogP) is 1.95. The number of aromatic nitrogens is 3. The van der Waals surface area contributed by atoms with Crippen LogP contribution in [-0.2, 0) is 6.54 Å². The second-order valence-electron chi connectivity index (χ2n) is 4.34. The number of hydrogen-bond acceptors (Lipinski definition) is 6. The monoisotopic (exact) mass is 289 g/mol. The lowest BCUT2D eigenvalue weighted by atomic mass is 10.2. The van der Waals surface area contributed by atoms with Crippen LogP contribution in [0.4, 0.5) is 5.82 Å². The normalized spacial score (nSPS) is 10.5. The third-order valence-electron chi connectivity index (χ3n) is 2.89. The first-order valence-corrected chi connectivity index (χ1v) is 7.76. The Kier molecular flexibility index (Phi) is 5.76. The minimum Gasteiger partial charge on any atom is -0.352 e. The largest absolute Gasteiger partial charge is 0.352 e. The van der Waals surface area contributed by atoms with Gasteiger partial charge in [-0.2, -0.15) is 0 Å². The molecule has 0 atom stereocenters. The summed E-state index contributed by atoms with van der Waals surface area (Å²) in [6.45, 7) is 2.32. The van der Waals surface area contributed by atoms with Gasteiger partial charge in [-0.15, -0.1) is 11.8 Å². The van der Waals surface area contributed by atoms with Crippen molar-refractivity contribution in [3.05, 3.63) is 42.5 Å². The molecule has 106 valence electrons. The SMILES string of the molecule is CSc1cc(N(CCCN)Cc2cccnc2)ncn1. The van der Waals surface area contributed by atoms with Crippen LogP contribution >= 0.6 is 11.8 Å². The van der Waals surface area contributed by atoms with Crippen LogP contribution < -0.4 is 10.6 Å². The molecule has 0 aromatic carbocycles. The molecular weight excluding hydrogens is 270 g/mol. The zero-order valence-electron chi connectivity index (χ0n) is 11.6. The van der Waals surface area contributed by atoms with Gasteiger partial charge in [0.25, 0.3) is 0 Å². The van der Waals surface area contributed by atoms with Crippen molar-refractivity contribution >= 4 is 17.6 Å². The Morgan fingerprint density at radius 2 is 2.25 bits per heavy atom. The van der Waals surface area contributed by atoms with Gasteiger partial charge in [0.15, 0.2) is 0 Å². The number of hydrogen-bond donors (Lipinski definition) is 1. The average molecular weight is 289 g/mol. The Morgan fingerprint density at radius 1 is 1.35 bits per heavy atom. The Balaban J connectivity index is 2.17. The maximum absolute atomic E-state index is 5.63. The lowest BCUT2D eigenvalue weighted by Crippen LogP contribution is -2.26. The summed E-state index contributed by atoms with van der Waals surface area (Å²) in [7, 11) is 0. The highest BCUT2D eigenvalue weighted by Crippen LogP contribution is 2.19. The fourth-order valence-electron chi connectivity index (χ4n) is 1.88. The zero-order chi connectivity index (χ0) is 14.2. The minimum absolute atomic E-state index is 0.671. The van der Waals surface area contributed by atoms with Gasteiger partial charge in [-0.3, -0.25) is 4.98 Å². The fraction of sp³-hybridized carbons (Fsp3) is 0.357. The molecule has 0 unspecified atom stereocenters. The summed E-state index contributed by atoms with van der Waals surface area (Å²) in [5, 5.41) is 0.971. The molecule has 0 amide bonds. The standard InChI is InChI=1S/C14H19N5S/c1-20-14-8-13(17-11-18-14)19(7-3-5-15)10-12-4-2-6-16-9-12/h2,4,6,8-9,11H,3,5,7,10,15H2,1H3. The number of anilines is 1. The molecule has 0 saturated heterocycles. The topological polar surface area (TPSA) is 67.9 Å². The molecule has 2 heterocycles. The van der Waals surface area contributed by atoms with Gasteiger partial charge in [0.1, 0.15) is 17.2 Å². The first-order chi connectivity index (χ1) is 9.83. The van der Waals surface area contributed by atoms with Gasteiger partial charge in [0.2, 0.25) is 0 Å². The third-order valence-corrected chi connectivity index (χ3v) is 3.53. The molecule has 0 aliphatic rings. The van der Waals surface area contributed by atoms with Gasteiger partial charge in [-0.25, -0.2) is 9.97 Å². The van der Waals surface area contributed by atoms with Crippen molar-refractivity contribution in [2.75, 3.05) is 24.2 Å². The van der Waals surface area contributed by atoms with E-state index in [2.05, 4.69) is 25.9 Å². The van der Waals surface area contributed by atoms with Crippen LogP contribution in [0.3, 0.4) is 0 Å². The molecule has 0 aliphatic heterocycles. The second kappa shape index (κ2) is 7.81. The first-order valence-electron chi connectivity index (χ1n) is 6.53. The first kappa shape index (κ1) is 14.7. The van der Waals surface area contributed by atoms with Gasteiger partial charge in [0.05, 0.1) is 0 Å². The quantitative estimate of drug-likeness (QED) is 0.620. The van der Waals surface area contributed by atoms with Crippen LogP contribution in [0.1, 0.15) is 12.0 Å². The van der Waals surface area contributed by atoms with E-state index in [4.69, 9.17) is 5.73 Å². The summed E-state index contributed by atoms with van der Waals surface area (Å²) in [6.07, 6.45) is 8.21. The number of nitrogens with zero attached hydrogens (tertiary/aromatic N) is 4. The van der Waals surface area contributed by atoms with Gasteiger partial charge in [-0.1, -0.05) is 6.07 Å². The van der Waals surface area contributed by atoms with Gasteiger partial charge in [-0.05, 0) is 30.9 Å². The Bertz CT molecular complexity index is 520. The number of pyridine rings is 1. The van der Waals surface area contributed by atoms with Crippen molar-refractivity contribution in [2.45, 2.75) is 18.0 Å². The molecule has 20 heavy (non-hydrogen) atoms. The number of rotatable bonds is 7. The van der Waals surface area contributed by atoms with E-state index >= 15 is 0 Å². The number of nitrogens with two attached hydrogens (primary N) is 1. The molecule has 6 heteroatoms. The van der Waals surface area contributed by atoms with Crippen molar-refractivity contribution < 1.29 is 0 Å². The van der Waals surface area contributed by atoms with Crippen LogP contribution in [0.15, 0.2) is 41.9 Å². The third kappa shape index (κ3) is 4.18. The lowest BCUT2D eigenvalue weighted by Gasteiger charge is -2.23. The van der Waals surface area contributed by atoms with E-state index in [9.17, 15) is 0 Å². The van der Waals surface area contributed by atoms with E-state index in [1.54, 1.807) is 24.3 Å². The van der Waals surface area contributed by atoms with Crippen molar-refractivity contribution in [2.24, 2.45) is 5.73 Å². The molecule has 2 aromatic heterocycles. The van der Waals surface area contributed by atoms with E-state index < -0.39 is 0 Å². The van der Waals surface area contributed by atoms with Crippen LogP contribution in [0.25, 0.3) is 0 Å². The predicted molar refractivity (Wildman–Crippen MR) is 82.8 cm³/mol. The molecule has 0 fully saturated rings. The van der Waals surface area contributed by atoms with Gasteiger partial charge < -0.3 is 10.6 Å². The van der Waals surface area contributed by atoms with Crippen LogP contribution in [0, 0.1) is 0 Å². The van der Waals surface area contributed by atoms with E-state index in [0.29, 0.717) is 6.54 Å². The zero-order valence-corrected chi connectivity index (χ0v) is 12.4. The molecular formula is C14H19N5S. The highest BCUT2D eigenvalue weighted by atomic mass is 32.2. The summed E-state index contributed by atoms with van der Waals surface area (Å²) in [5.74, 6) is 0.932. The van der Waals surface area contributed by atoms with Crippen molar-refractivity contribution in [1.29, 1.82) is 0 Å². The maximum Gasteiger partial charge on any atom is 0.133 e. The molecule has 2 aromatic rings. The highest BCUT2D eigenvalue weighted by Gasteiger charge is 2.09. The summed E-state index contributed by atoms with van der Waals surface area (Å²) in [5.41, 5.74) is 6.79. The van der Waals surface area contributed by atoms with Crippen molar-refractivity contribution in [3.63, 3.8) is 0 Å². The van der Waals surface area contributed by atoms with Crippen LogP contribution in [0.2, 0.25) is 0 Å². The minimum atomic E-state index is 0.671. The highest BCUT2D eigenvalue weighted by molar-refractivity contribution is 7.98. The van der Waals surface area contributed by atoms with E-state index in [1.165, 1.54) is 0 Å². The molecule has 2 rings (SSSR count). The molecule has 0 saturated carbocycles. The van der Waals surface area contributed by atoms with E-state index in [1.807, 2.05) is 24.6 Å². The molecule has 5 nitrogen and oxygen atoms in total.